The van der Waals surface area contributed by atoms with Gasteiger partial charge in [-0.25, -0.2) is 9.48 Å². The summed E-state index contributed by atoms with van der Waals surface area (Å²) < 4.78 is 1.51. The van der Waals surface area contributed by atoms with Crippen LogP contribution in [-0.4, -0.2) is 50.5 Å². The first-order chi connectivity index (χ1) is 9.45. The molecule has 0 radical (unpaired) electrons. The second kappa shape index (κ2) is 5.28. The molecule has 2 rings (SSSR count). The van der Waals surface area contributed by atoms with Crippen LogP contribution in [0.25, 0.3) is 11.0 Å². The Labute approximate surface area is 115 Å². The molecule has 1 aromatic carbocycles. The van der Waals surface area contributed by atoms with E-state index in [1.807, 2.05) is 6.92 Å². The molecule has 0 fully saturated rings. The fraction of sp³-hybridized carbons (Fsp3) is 0.385. The molecule has 0 saturated carbocycles. The average Bonchev–Trinajstić information content (AvgIpc) is 2.87. The van der Waals surface area contributed by atoms with Crippen LogP contribution in [0.4, 0.5) is 0 Å². The van der Waals surface area contributed by atoms with Crippen molar-refractivity contribution in [1.29, 1.82) is 0 Å². The van der Waals surface area contributed by atoms with Gasteiger partial charge in [-0.05, 0) is 32.0 Å². The summed E-state index contributed by atoms with van der Waals surface area (Å²) in [5.74, 6) is -1.09. The van der Waals surface area contributed by atoms with Gasteiger partial charge in [-0.2, -0.15) is 0 Å². The number of rotatable bonds is 4. The molecule has 1 amide bonds. The first-order valence-electron chi connectivity index (χ1n) is 6.29. The predicted octanol–water partition coefficient (Wildman–Crippen LogP) is 1.17. The summed E-state index contributed by atoms with van der Waals surface area (Å²) in [6.45, 7) is 4.25. The second-order valence-electron chi connectivity index (χ2n) is 4.57. The number of benzene rings is 1. The Morgan fingerprint density at radius 1 is 1.45 bits per heavy atom. The van der Waals surface area contributed by atoms with Gasteiger partial charge in [0, 0.05) is 13.6 Å². The van der Waals surface area contributed by atoms with Gasteiger partial charge in [0.25, 0.3) is 0 Å². The number of hydrogen-bond acceptors (Lipinski definition) is 4. The van der Waals surface area contributed by atoms with Gasteiger partial charge in [-0.1, -0.05) is 5.21 Å². The SMILES string of the molecule is CCN(C)C(=O)C(C)n1nnc2cc(C(=O)O)ccc21. The number of carbonyl (C=O) groups is 2. The standard InChI is InChI=1S/C13H16N4O3/c1-4-16(3)12(18)8(2)17-11-6-5-9(13(19)20)7-10(11)14-15-17/h5-8H,4H2,1-3H3,(H,19,20). The molecule has 7 nitrogen and oxygen atoms in total. The molecule has 1 atom stereocenters. The third kappa shape index (κ3) is 2.34. The monoisotopic (exact) mass is 276 g/mol. The zero-order valence-electron chi connectivity index (χ0n) is 11.6. The highest BCUT2D eigenvalue weighted by Crippen LogP contribution is 2.18. The van der Waals surface area contributed by atoms with E-state index in [0.29, 0.717) is 17.6 Å². The fourth-order valence-electron chi connectivity index (χ4n) is 1.94. The highest BCUT2D eigenvalue weighted by molar-refractivity contribution is 5.92. The number of aromatic nitrogens is 3. The lowest BCUT2D eigenvalue weighted by molar-refractivity contribution is -0.132. The molecule has 0 aliphatic heterocycles. The molecule has 2 aromatic rings. The van der Waals surface area contributed by atoms with Crippen molar-refractivity contribution < 1.29 is 14.7 Å². The van der Waals surface area contributed by atoms with E-state index in [-0.39, 0.29) is 11.5 Å². The first-order valence-corrected chi connectivity index (χ1v) is 6.29. The molecular weight excluding hydrogens is 260 g/mol. The minimum atomic E-state index is -1.02. The Balaban J connectivity index is 2.41. The molecule has 1 heterocycles. The molecule has 0 spiro atoms. The van der Waals surface area contributed by atoms with E-state index >= 15 is 0 Å². The molecule has 1 unspecified atom stereocenters. The van der Waals surface area contributed by atoms with Crippen molar-refractivity contribution in [3.05, 3.63) is 23.8 Å². The number of carbonyl (C=O) groups excluding carboxylic acids is 1. The van der Waals surface area contributed by atoms with Crippen LogP contribution in [0.15, 0.2) is 18.2 Å². The maximum Gasteiger partial charge on any atom is 0.335 e. The maximum absolute atomic E-state index is 12.1. The van der Waals surface area contributed by atoms with E-state index in [0.717, 1.165) is 0 Å². The van der Waals surface area contributed by atoms with E-state index < -0.39 is 12.0 Å². The quantitative estimate of drug-likeness (QED) is 0.905. The number of nitrogens with zero attached hydrogens (tertiary/aromatic N) is 4. The molecule has 1 aromatic heterocycles. The second-order valence-corrected chi connectivity index (χ2v) is 4.57. The van der Waals surface area contributed by atoms with Crippen molar-refractivity contribution in [2.45, 2.75) is 19.9 Å². The molecule has 1 N–H and O–H groups in total. The zero-order valence-corrected chi connectivity index (χ0v) is 11.6. The molecule has 0 bridgehead atoms. The van der Waals surface area contributed by atoms with Crippen LogP contribution in [0.2, 0.25) is 0 Å². The van der Waals surface area contributed by atoms with Crippen LogP contribution in [0.1, 0.15) is 30.2 Å². The summed E-state index contributed by atoms with van der Waals surface area (Å²) in [4.78, 5) is 24.6. The van der Waals surface area contributed by atoms with Gasteiger partial charge in [0.1, 0.15) is 11.6 Å². The number of fused-ring (bicyclic) bond motifs is 1. The Kier molecular flexibility index (Phi) is 3.69. The van der Waals surface area contributed by atoms with Crippen molar-refractivity contribution in [2.75, 3.05) is 13.6 Å². The van der Waals surface area contributed by atoms with Crippen LogP contribution in [-0.2, 0) is 4.79 Å². The number of amides is 1. The molecule has 106 valence electrons. The van der Waals surface area contributed by atoms with Crippen molar-refractivity contribution in [1.82, 2.24) is 19.9 Å². The highest BCUT2D eigenvalue weighted by atomic mass is 16.4. The van der Waals surface area contributed by atoms with Gasteiger partial charge < -0.3 is 10.0 Å². The molecule has 0 aliphatic carbocycles. The van der Waals surface area contributed by atoms with Crippen LogP contribution < -0.4 is 0 Å². The normalized spacial score (nSPS) is 12.3. The molecular formula is C13H16N4O3. The van der Waals surface area contributed by atoms with E-state index in [1.54, 1.807) is 24.9 Å². The summed E-state index contributed by atoms with van der Waals surface area (Å²) in [6.07, 6.45) is 0. The van der Waals surface area contributed by atoms with Crippen LogP contribution in [0, 0.1) is 0 Å². The van der Waals surface area contributed by atoms with E-state index in [9.17, 15) is 9.59 Å². The molecule has 20 heavy (non-hydrogen) atoms. The number of likely N-dealkylation sites (N-methyl/N-ethyl adjacent to an activating group) is 1. The molecule has 0 saturated heterocycles. The van der Waals surface area contributed by atoms with E-state index in [2.05, 4.69) is 10.3 Å². The fourth-order valence-corrected chi connectivity index (χ4v) is 1.94. The minimum absolute atomic E-state index is 0.0680. The Bertz CT molecular complexity index is 665. The number of carboxylic acids is 1. The van der Waals surface area contributed by atoms with Gasteiger partial charge in [0.05, 0.1) is 11.1 Å². The van der Waals surface area contributed by atoms with Gasteiger partial charge >= 0.3 is 5.97 Å². The van der Waals surface area contributed by atoms with Gasteiger partial charge in [-0.3, -0.25) is 4.79 Å². The minimum Gasteiger partial charge on any atom is -0.478 e. The van der Waals surface area contributed by atoms with Crippen molar-refractivity contribution in [2.24, 2.45) is 0 Å². The largest absolute Gasteiger partial charge is 0.478 e. The third-order valence-electron chi connectivity index (χ3n) is 3.29. The summed E-state index contributed by atoms with van der Waals surface area (Å²) in [7, 11) is 1.72. The molecule has 0 aliphatic rings. The molecule has 7 heteroatoms. The smallest absolute Gasteiger partial charge is 0.335 e. The zero-order chi connectivity index (χ0) is 14.9. The van der Waals surface area contributed by atoms with Gasteiger partial charge in [0.2, 0.25) is 5.91 Å². The lowest BCUT2D eigenvalue weighted by atomic mass is 10.2. The van der Waals surface area contributed by atoms with Crippen molar-refractivity contribution in [3.63, 3.8) is 0 Å². The first kappa shape index (κ1) is 14.0. The number of hydrogen-bond donors (Lipinski definition) is 1. The average molecular weight is 276 g/mol. The predicted molar refractivity (Wildman–Crippen MR) is 72.5 cm³/mol. The maximum atomic E-state index is 12.1. The van der Waals surface area contributed by atoms with E-state index in [4.69, 9.17) is 5.11 Å². The number of aromatic carboxylic acids is 1. The third-order valence-corrected chi connectivity index (χ3v) is 3.29. The highest BCUT2D eigenvalue weighted by Gasteiger charge is 2.21. The van der Waals surface area contributed by atoms with Gasteiger partial charge in [-0.15, -0.1) is 5.10 Å². The summed E-state index contributed by atoms with van der Waals surface area (Å²) >= 11 is 0. The Hall–Kier alpha value is -2.44. The van der Waals surface area contributed by atoms with Crippen molar-refractivity contribution in [3.8, 4) is 0 Å². The van der Waals surface area contributed by atoms with Crippen LogP contribution >= 0.6 is 0 Å². The Morgan fingerprint density at radius 2 is 2.15 bits per heavy atom. The van der Waals surface area contributed by atoms with Crippen LogP contribution in [0.3, 0.4) is 0 Å². The summed E-state index contributed by atoms with van der Waals surface area (Å²) in [6, 6.07) is 4.06. The lowest BCUT2D eigenvalue weighted by Crippen LogP contribution is -2.33. The van der Waals surface area contributed by atoms with Gasteiger partial charge in [0.15, 0.2) is 0 Å². The number of carboxylic acid groups (broad SMARTS) is 1. The summed E-state index contributed by atoms with van der Waals surface area (Å²) in [5.41, 5.74) is 1.25. The lowest BCUT2D eigenvalue weighted by Gasteiger charge is -2.19. The summed E-state index contributed by atoms with van der Waals surface area (Å²) in [5, 5.41) is 16.8. The van der Waals surface area contributed by atoms with Crippen LogP contribution in [0.5, 0.6) is 0 Å². The topological polar surface area (TPSA) is 88.3 Å². The Morgan fingerprint density at radius 3 is 2.75 bits per heavy atom. The van der Waals surface area contributed by atoms with Crippen molar-refractivity contribution >= 4 is 22.9 Å². The van der Waals surface area contributed by atoms with E-state index in [1.165, 1.54) is 16.8 Å².